The fraction of sp³-hybridized carbons (Fsp3) is 0.438. The molecule has 0 bridgehead atoms. The van der Waals surface area contributed by atoms with Crippen molar-refractivity contribution in [1.29, 1.82) is 0 Å². The van der Waals surface area contributed by atoms with Crippen LogP contribution in [0.3, 0.4) is 0 Å². The maximum Gasteiger partial charge on any atom is 0.433 e. The first-order valence-electron chi connectivity index (χ1n) is 7.93. The Kier molecular flexibility index (Phi) is 5.82. The maximum atomic E-state index is 13.1. The summed E-state index contributed by atoms with van der Waals surface area (Å²) < 4.78 is 49.7. The van der Waals surface area contributed by atoms with Crippen molar-refractivity contribution in [2.24, 2.45) is 0 Å². The fourth-order valence-electron chi connectivity index (χ4n) is 2.40. The Morgan fingerprint density at radius 2 is 2.23 bits per heavy atom. The lowest BCUT2D eigenvalue weighted by Crippen LogP contribution is -2.32. The molecule has 1 amide bonds. The van der Waals surface area contributed by atoms with Crippen LogP contribution < -0.4 is 5.32 Å². The average molecular weight is 387 g/mol. The van der Waals surface area contributed by atoms with E-state index in [1.54, 1.807) is 6.07 Å². The first kappa shape index (κ1) is 18.7. The van der Waals surface area contributed by atoms with Crippen LogP contribution in [0.5, 0.6) is 0 Å². The first-order valence-corrected chi connectivity index (χ1v) is 8.91. The minimum absolute atomic E-state index is 0.000637. The average Bonchev–Trinajstić information content (AvgIpc) is 3.30. The van der Waals surface area contributed by atoms with Crippen LogP contribution in [0.1, 0.15) is 18.5 Å². The summed E-state index contributed by atoms with van der Waals surface area (Å²) in [5.74, 6) is -0.209. The molecule has 3 heterocycles. The van der Waals surface area contributed by atoms with Crippen molar-refractivity contribution in [1.82, 2.24) is 15.3 Å². The van der Waals surface area contributed by atoms with E-state index in [4.69, 9.17) is 9.15 Å². The molecule has 0 spiro atoms. The Bertz CT molecular complexity index is 747. The van der Waals surface area contributed by atoms with E-state index < -0.39 is 11.9 Å². The number of carbonyl (C=O) groups is 1. The number of halogens is 3. The van der Waals surface area contributed by atoms with Crippen molar-refractivity contribution in [2.75, 3.05) is 18.9 Å². The molecule has 1 N–H and O–H groups in total. The smallest absolute Gasteiger partial charge is 0.433 e. The van der Waals surface area contributed by atoms with Gasteiger partial charge >= 0.3 is 6.18 Å². The van der Waals surface area contributed by atoms with Crippen LogP contribution in [0.15, 0.2) is 34.0 Å². The number of rotatable bonds is 6. The Labute approximate surface area is 151 Å². The number of aromatic nitrogens is 2. The molecule has 10 heteroatoms. The third-order valence-electron chi connectivity index (χ3n) is 3.65. The van der Waals surface area contributed by atoms with Crippen LogP contribution in [0, 0.1) is 0 Å². The van der Waals surface area contributed by atoms with E-state index in [0.717, 1.165) is 30.7 Å². The SMILES string of the molecule is O=C(CSc1nc(-c2ccco2)cc(C(F)(F)F)n1)NC[C@@H]1CCCO1. The molecule has 0 unspecified atom stereocenters. The molecule has 3 rings (SSSR count). The monoisotopic (exact) mass is 387 g/mol. The zero-order valence-corrected chi connectivity index (χ0v) is 14.4. The molecule has 140 valence electrons. The molecular formula is C16H16F3N3O3S. The van der Waals surface area contributed by atoms with Crippen LogP contribution in [-0.4, -0.2) is 40.9 Å². The van der Waals surface area contributed by atoms with Crippen LogP contribution in [0.25, 0.3) is 11.5 Å². The van der Waals surface area contributed by atoms with E-state index in [1.165, 1.54) is 12.3 Å². The Morgan fingerprint density at radius 1 is 1.38 bits per heavy atom. The number of furan rings is 1. The molecule has 26 heavy (non-hydrogen) atoms. The second-order valence-electron chi connectivity index (χ2n) is 5.62. The highest BCUT2D eigenvalue weighted by Crippen LogP contribution is 2.32. The standard InChI is InChI=1S/C16H16F3N3O3S/c17-16(18,19)13-7-11(12-4-2-6-25-12)21-15(22-13)26-9-14(23)20-8-10-3-1-5-24-10/h2,4,6-7,10H,1,3,5,8-9H2,(H,20,23)/t10-/m0/s1. The van der Waals surface area contributed by atoms with Crippen molar-refractivity contribution in [3.8, 4) is 11.5 Å². The molecule has 2 aromatic heterocycles. The number of alkyl halides is 3. The highest BCUT2D eigenvalue weighted by Gasteiger charge is 2.34. The number of hydrogen-bond donors (Lipinski definition) is 1. The lowest BCUT2D eigenvalue weighted by molar-refractivity contribution is -0.141. The largest absolute Gasteiger partial charge is 0.463 e. The minimum atomic E-state index is -4.62. The second kappa shape index (κ2) is 8.09. The highest BCUT2D eigenvalue weighted by molar-refractivity contribution is 7.99. The van der Waals surface area contributed by atoms with Gasteiger partial charge in [0.15, 0.2) is 10.9 Å². The van der Waals surface area contributed by atoms with Crippen LogP contribution in [0.2, 0.25) is 0 Å². The summed E-state index contributed by atoms with van der Waals surface area (Å²) in [7, 11) is 0. The molecule has 1 atom stereocenters. The van der Waals surface area contributed by atoms with Crippen LogP contribution in [-0.2, 0) is 15.7 Å². The normalized spacial score (nSPS) is 17.4. The number of ether oxygens (including phenoxy) is 1. The van der Waals surface area contributed by atoms with Gasteiger partial charge in [-0.2, -0.15) is 13.2 Å². The van der Waals surface area contributed by atoms with Crippen molar-refractivity contribution < 1.29 is 27.1 Å². The van der Waals surface area contributed by atoms with E-state index in [9.17, 15) is 18.0 Å². The first-order chi connectivity index (χ1) is 12.4. The van der Waals surface area contributed by atoms with Gasteiger partial charge in [-0.1, -0.05) is 11.8 Å². The highest BCUT2D eigenvalue weighted by atomic mass is 32.2. The lowest BCUT2D eigenvalue weighted by atomic mass is 10.2. The van der Waals surface area contributed by atoms with Gasteiger partial charge in [0.25, 0.3) is 0 Å². The number of amides is 1. The molecular weight excluding hydrogens is 371 g/mol. The number of carbonyl (C=O) groups excluding carboxylic acids is 1. The Balaban J connectivity index is 1.66. The van der Waals surface area contributed by atoms with E-state index >= 15 is 0 Å². The minimum Gasteiger partial charge on any atom is -0.463 e. The lowest BCUT2D eigenvalue weighted by Gasteiger charge is -2.11. The van der Waals surface area contributed by atoms with E-state index in [-0.39, 0.29) is 34.4 Å². The van der Waals surface area contributed by atoms with Gasteiger partial charge in [0.05, 0.1) is 18.1 Å². The topological polar surface area (TPSA) is 77.2 Å². The Hall–Kier alpha value is -2.07. The molecule has 1 saturated heterocycles. The molecule has 0 saturated carbocycles. The van der Waals surface area contributed by atoms with Gasteiger partial charge in [-0.3, -0.25) is 4.79 Å². The van der Waals surface area contributed by atoms with Crippen molar-refractivity contribution in [3.05, 3.63) is 30.2 Å². The predicted octanol–water partition coefficient (Wildman–Crippen LogP) is 3.14. The second-order valence-corrected chi connectivity index (χ2v) is 6.57. The molecule has 1 aliphatic rings. The van der Waals surface area contributed by atoms with Crippen molar-refractivity contribution in [2.45, 2.75) is 30.3 Å². The quantitative estimate of drug-likeness (QED) is 0.606. The third kappa shape index (κ3) is 4.98. The number of thioether (sulfide) groups is 1. The van der Waals surface area contributed by atoms with E-state index in [2.05, 4.69) is 15.3 Å². The van der Waals surface area contributed by atoms with E-state index in [0.29, 0.717) is 13.2 Å². The molecule has 2 aromatic rings. The summed E-state index contributed by atoms with van der Waals surface area (Å²) in [5, 5.41) is 2.56. The van der Waals surface area contributed by atoms with Gasteiger partial charge in [-0.25, -0.2) is 9.97 Å². The summed E-state index contributed by atoms with van der Waals surface area (Å²) in [6.07, 6.45) is -1.43. The molecule has 6 nitrogen and oxygen atoms in total. The van der Waals surface area contributed by atoms with Crippen molar-refractivity contribution in [3.63, 3.8) is 0 Å². The van der Waals surface area contributed by atoms with Gasteiger partial charge in [0, 0.05) is 13.2 Å². The summed E-state index contributed by atoms with van der Waals surface area (Å²) in [6, 6.07) is 3.88. The summed E-state index contributed by atoms with van der Waals surface area (Å²) in [4.78, 5) is 19.4. The zero-order chi connectivity index (χ0) is 18.6. The Morgan fingerprint density at radius 3 is 2.88 bits per heavy atom. The molecule has 0 aliphatic carbocycles. The predicted molar refractivity (Wildman–Crippen MR) is 87.4 cm³/mol. The maximum absolute atomic E-state index is 13.1. The van der Waals surface area contributed by atoms with E-state index in [1.807, 2.05) is 0 Å². The summed E-state index contributed by atoms with van der Waals surface area (Å²) in [5.41, 5.74) is -1.07. The summed E-state index contributed by atoms with van der Waals surface area (Å²) in [6.45, 7) is 1.07. The number of nitrogens with zero attached hydrogens (tertiary/aromatic N) is 2. The number of nitrogens with one attached hydrogen (secondary N) is 1. The molecule has 0 radical (unpaired) electrons. The van der Waals surface area contributed by atoms with Crippen LogP contribution in [0.4, 0.5) is 13.2 Å². The van der Waals surface area contributed by atoms with Gasteiger partial charge < -0.3 is 14.5 Å². The van der Waals surface area contributed by atoms with Gasteiger partial charge in [-0.15, -0.1) is 0 Å². The van der Waals surface area contributed by atoms with Crippen LogP contribution >= 0.6 is 11.8 Å². The van der Waals surface area contributed by atoms with Gasteiger partial charge in [0.2, 0.25) is 5.91 Å². The number of hydrogen-bond acceptors (Lipinski definition) is 6. The molecule has 1 fully saturated rings. The third-order valence-corrected chi connectivity index (χ3v) is 4.50. The van der Waals surface area contributed by atoms with Gasteiger partial charge in [0.1, 0.15) is 11.4 Å². The zero-order valence-electron chi connectivity index (χ0n) is 13.6. The van der Waals surface area contributed by atoms with Crippen molar-refractivity contribution >= 4 is 17.7 Å². The van der Waals surface area contributed by atoms with Gasteiger partial charge in [-0.05, 0) is 31.0 Å². The molecule has 0 aromatic carbocycles. The summed E-state index contributed by atoms with van der Waals surface area (Å²) >= 11 is 0.836. The molecule has 1 aliphatic heterocycles. The fourth-order valence-corrected chi connectivity index (χ4v) is 3.09.